The van der Waals surface area contributed by atoms with Crippen molar-refractivity contribution in [1.82, 2.24) is 5.48 Å². The first-order valence-electron chi connectivity index (χ1n) is 6.10. The van der Waals surface area contributed by atoms with Crippen molar-refractivity contribution >= 4 is 15.9 Å². The molecule has 0 saturated heterocycles. The molecule has 98 valence electrons. The molecule has 1 heterocycles. The van der Waals surface area contributed by atoms with Crippen LogP contribution in [-0.4, -0.2) is 14.2 Å². The SMILES string of the molecule is CCCCCS(=O)(=O)C1=Cc2ccccc2ON1. The molecule has 1 aliphatic rings. The third kappa shape index (κ3) is 2.85. The summed E-state index contributed by atoms with van der Waals surface area (Å²) in [6.07, 6.45) is 4.23. The van der Waals surface area contributed by atoms with Gasteiger partial charge < -0.3 is 4.84 Å². The Labute approximate surface area is 108 Å². The smallest absolute Gasteiger partial charge is 0.196 e. The maximum Gasteiger partial charge on any atom is 0.196 e. The van der Waals surface area contributed by atoms with Crippen LogP contribution in [0.15, 0.2) is 29.3 Å². The number of hydrogen-bond donors (Lipinski definition) is 1. The third-order valence-electron chi connectivity index (χ3n) is 2.82. The summed E-state index contributed by atoms with van der Waals surface area (Å²) in [5, 5.41) is 0.150. The highest BCUT2D eigenvalue weighted by Crippen LogP contribution is 2.25. The van der Waals surface area contributed by atoms with Gasteiger partial charge >= 0.3 is 0 Å². The number of benzene rings is 1. The molecule has 0 fully saturated rings. The largest absolute Gasteiger partial charge is 0.381 e. The van der Waals surface area contributed by atoms with Crippen LogP contribution in [0, 0.1) is 0 Å². The van der Waals surface area contributed by atoms with Crippen LogP contribution in [-0.2, 0) is 9.84 Å². The Hall–Kier alpha value is -1.49. The van der Waals surface area contributed by atoms with Crippen LogP contribution in [0.25, 0.3) is 6.08 Å². The molecule has 0 saturated carbocycles. The van der Waals surface area contributed by atoms with Crippen LogP contribution in [0.2, 0.25) is 0 Å². The molecule has 0 radical (unpaired) electrons. The Morgan fingerprint density at radius 1 is 1.22 bits per heavy atom. The molecule has 1 N–H and O–H groups in total. The summed E-state index contributed by atoms with van der Waals surface area (Å²) in [6, 6.07) is 7.32. The van der Waals surface area contributed by atoms with Gasteiger partial charge in [-0.2, -0.15) is 0 Å². The van der Waals surface area contributed by atoms with Gasteiger partial charge in [-0.25, -0.2) is 13.9 Å². The van der Waals surface area contributed by atoms with Crippen LogP contribution in [0.1, 0.15) is 31.7 Å². The van der Waals surface area contributed by atoms with Crippen molar-refractivity contribution in [2.75, 3.05) is 5.75 Å². The molecule has 4 nitrogen and oxygen atoms in total. The van der Waals surface area contributed by atoms with E-state index in [4.69, 9.17) is 4.84 Å². The third-order valence-corrected chi connectivity index (χ3v) is 4.52. The minimum atomic E-state index is -3.27. The fraction of sp³-hybridized carbons (Fsp3) is 0.385. The minimum Gasteiger partial charge on any atom is -0.381 e. The van der Waals surface area contributed by atoms with E-state index in [1.165, 1.54) is 0 Å². The second-order valence-electron chi connectivity index (χ2n) is 4.28. The summed E-state index contributed by atoms with van der Waals surface area (Å²) in [6.45, 7) is 2.05. The zero-order valence-electron chi connectivity index (χ0n) is 10.3. The topological polar surface area (TPSA) is 55.4 Å². The quantitative estimate of drug-likeness (QED) is 0.833. The predicted molar refractivity (Wildman–Crippen MR) is 71.5 cm³/mol. The molecular formula is C13H17NO3S. The Kier molecular flexibility index (Phi) is 3.91. The number of hydroxylamine groups is 1. The lowest BCUT2D eigenvalue weighted by molar-refractivity contribution is 0.233. The summed E-state index contributed by atoms with van der Waals surface area (Å²) >= 11 is 0. The van der Waals surface area contributed by atoms with Gasteiger partial charge in [-0.05, 0) is 18.6 Å². The number of hydrogen-bond acceptors (Lipinski definition) is 4. The van der Waals surface area contributed by atoms with E-state index in [0.29, 0.717) is 12.2 Å². The number of rotatable bonds is 5. The fourth-order valence-corrected chi connectivity index (χ4v) is 3.05. The van der Waals surface area contributed by atoms with Crippen LogP contribution < -0.4 is 10.3 Å². The lowest BCUT2D eigenvalue weighted by Gasteiger charge is -2.18. The van der Waals surface area contributed by atoms with Crippen molar-refractivity contribution in [2.45, 2.75) is 26.2 Å². The Bertz CT molecular complexity index is 549. The van der Waals surface area contributed by atoms with Gasteiger partial charge in [0.1, 0.15) is 0 Å². The van der Waals surface area contributed by atoms with Crippen LogP contribution in [0.5, 0.6) is 5.75 Å². The molecule has 0 spiro atoms. The first-order valence-corrected chi connectivity index (χ1v) is 7.75. The molecule has 1 aromatic carbocycles. The van der Waals surface area contributed by atoms with Crippen LogP contribution in [0.3, 0.4) is 0 Å². The average molecular weight is 267 g/mol. The van der Waals surface area contributed by atoms with Gasteiger partial charge in [0, 0.05) is 5.56 Å². The number of sulfone groups is 1. The highest BCUT2D eigenvalue weighted by Gasteiger charge is 2.22. The summed E-state index contributed by atoms with van der Waals surface area (Å²) in [4.78, 5) is 5.23. The Balaban J connectivity index is 2.18. The van der Waals surface area contributed by atoms with E-state index in [2.05, 4.69) is 5.48 Å². The summed E-state index contributed by atoms with van der Waals surface area (Å²) in [7, 11) is -3.27. The molecule has 0 unspecified atom stereocenters. The van der Waals surface area contributed by atoms with Crippen molar-refractivity contribution in [3.8, 4) is 5.75 Å². The molecule has 0 aliphatic carbocycles. The summed E-state index contributed by atoms with van der Waals surface area (Å²) in [5.41, 5.74) is 3.30. The van der Waals surface area contributed by atoms with E-state index in [-0.39, 0.29) is 10.8 Å². The van der Waals surface area contributed by atoms with Crippen LogP contribution in [0.4, 0.5) is 0 Å². The molecule has 0 atom stereocenters. The van der Waals surface area contributed by atoms with Crippen molar-refractivity contribution < 1.29 is 13.3 Å². The van der Waals surface area contributed by atoms with Gasteiger partial charge in [-0.15, -0.1) is 0 Å². The molecule has 1 aromatic rings. The van der Waals surface area contributed by atoms with E-state index in [9.17, 15) is 8.42 Å². The second-order valence-corrected chi connectivity index (χ2v) is 6.35. The number of para-hydroxylation sites is 1. The molecule has 0 amide bonds. The lowest BCUT2D eigenvalue weighted by atomic mass is 10.2. The first-order chi connectivity index (χ1) is 8.63. The van der Waals surface area contributed by atoms with Crippen molar-refractivity contribution in [3.05, 3.63) is 34.9 Å². The molecule has 2 rings (SSSR count). The number of fused-ring (bicyclic) bond motifs is 1. The van der Waals surface area contributed by atoms with E-state index >= 15 is 0 Å². The maximum absolute atomic E-state index is 12.1. The van der Waals surface area contributed by atoms with E-state index < -0.39 is 9.84 Å². The van der Waals surface area contributed by atoms with Crippen molar-refractivity contribution in [3.63, 3.8) is 0 Å². The van der Waals surface area contributed by atoms with Crippen molar-refractivity contribution in [2.24, 2.45) is 0 Å². The standard InChI is InChI=1S/C13H17NO3S/c1-2-3-6-9-18(15,16)13-10-11-7-4-5-8-12(11)17-14-13/h4-5,7-8,10,14H,2-3,6,9H2,1H3. The van der Waals surface area contributed by atoms with E-state index in [1.807, 2.05) is 25.1 Å². The van der Waals surface area contributed by atoms with Gasteiger partial charge in [-0.1, -0.05) is 38.0 Å². The second kappa shape index (κ2) is 5.44. The molecule has 5 heteroatoms. The Morgan fingerprint density at radius 3 is 2.78 bits per heavy atom. The molecular weight excluding hydrogens is 250 g/mol. The first kappa shape index (κ1) is 13.0. The average Bonchev–Trinajstić information content (AvgIpc) is 2.38. The maximum atomic E-state index is 12.1. The Morgan fingerprint density at radius 2 is 2.00 bits per heavy atom. The summed E-state index contributed by atoms with van der Waals surface area (Å²) < 4.78 is 24.1. The zero-order chi connectivity index (χ0) is 13.0. The van der Waals surface area contributed by atoms with Gasteiger partial charge in [0.15, 0.2) is 20.6 Å². The van der Waals surface area contributed by atoms with Gasteiger partial charge in [0.05, 0.1) is 5.75 Å². The number of nitrogens with one attached hydrogen (secondary N) is 1. The zero-order valence-corrected chi connectivity index (χ0v) is 11.2. The minimum absolute atomic E-state index is 0.150. The van der Waals surface area contributed by atoms with Crippen molar-refractivity contribution in [1.29, 1.82) is 0 Å². The molecule has 18 heavy (non-hydrogen) atoms. The summed E-state index contributed by atoms with van der Waals surface area (Å²) in [5.74, 6) is 0.801. The highest BCUT2D eigenvalue weighted by molar-refractivity contribution is 7.95. The van der Waals surface area contributed by atoms with Crippen LogP contribution >= 0.6 is 0 Å². The van der Waals surface area contributed by atoms with E-state index in [1.54, 1.807) is 12.1 Å². The van der Waals surface area contributed by atoms with Gasteiger partial charge in [-0.3, -0.25) is 0 Å². The van der Waals surface area contributed by atoms with Gasteiger partial charge in [0.2, 0.25) is 0 Å². The number of unbranched alkanes of at least 4 members (excludes halogenated alkanes) is 2. The van der Waals surface area contributed by atoms with Gasteiger partial charge in [0.25, 0.3) is 0 Å². The molecule has 1 aliphatic heterocycles. The molecule has 0 aromatic heterocycles. The monoisotopic (exact) mass is 267 g/mol. The predicted octanol–water partition coefficient (Wildman–Crippen LogP) is 2.49. The highest BCUT2D eigenvalue weighted by atomic mass is 32.2. The normalized spacial score (nSPS) is 14.2. The molecule has 0 bridgehead atoms. The lowest BCUT2D eigenvalue weighted by Crippen LogP contribution is -2.28. The van der Waals surface area contributed by atoms with E-state index in [0.717, 1.165) is 18.4 Å². The fourth-order valence-electron chi connectivity index (χ4n) is 1.77.